The van der Waals surface area contributed by atoms with E-state index < -0.39 is 10.0 Å². The van der Waals surface area contributed by atoms with Crippen molar-refractivity contribution in [2.75, 3.05) is 16.3 Å². The fourth-order valence-electron chi connectivity index (χ4n) is 1.64. The zero-order valence-electron chi connectivity index (χ0n) is 11.0. The lowest BCUT2D eigenvalue weighted by Gasteiger charge is -2.10. The van der Waals surface area contributed by atoms with Gasteiger partial charge in [-0.1, -0.05) is 11.6 Å². The fourth-order valence-corrected chi connectivity index (χ4v) is 3.16. The molecule has 0 saturated heterocycles. The Kier molecular flexibility index (Phi) is 4.52. The number of hydrogen-bond donors (Lipinski definition) is 2. The van der Waals surface area contributed by atoms with Gasteiger partial charge in [0, 0.05) is 5.69 Å². The number of halogens is 1. The summed E-state index contributed by atoms with van der Waals surface area (Å²) in [5.41, 5.74) is 2.32. The highest BCUT2D eigenvalue weighted by atomic mass is 35.5. The van der Waals surface area contributed by atoms with Crippen molar-refractivity contribution in [1.82, 2.24) is 4.98 Å². The maximum Gasteiger partial charge on any atom is 0.229 e. The zero-order valence-corrected chi connectivity index (χ0v) is 13.4. The zero-order chi connectivity index (χ0) is 14.8. The molecule has 0 aliphatic carbocycles. The van der Waals surface area contributed by atoms with Crippen LogP contribution in [0.15, 0.2) is 24.4 Å². The molecule has 2 N–H and O–H groups in total. The van der Waals surface area contributed by atoms with Crippen LogP contribution in [0.25, 0.3) is 0 Å². The van der Waals surface area contributed by atoms with E-state index in [1.54, 1.807) is 12.3 Å². The monoisotopic (exact) mass is 331 g/mol. The Hall–Kier alpha value is -1.31. The molecule has 1 aromatic heterocycles. The van der Waals surface area contributed by atoms with Crippen molar-refractivity contribution in [3.05, 3.63) is 39.3 Å². The van der Waals surface area contributed by atoms with E-state index in [0.717, 1.165) is 22.5 Å². The molecule has 8 heteroatoms. The Morgan fingerprint density at radius 2 is 2.15 bits per heavy atom. The third kappa shape index (κ3) is 4.36. The van der Waals surface area contributed by atoms with Gasteiger partial charge in [-0.15, -0.1) is 11.3 Å². The topological polar surface area (TPSA) is 71.1 Å². The molecule has 1 aromatic carbocycles. The van der Waals surface area contributed by atoms with Crippen molar-refractivity contribution in [2.24, 2.45) is 0 Å². The fraction of sp³-hybridized carbons (Fsp3) is 0.250. The maximum atomic E-state index is 11.2. The molecule has 2 rings (SSSR count). The number of thiazole rings is 1. The van der Waals surface area contributed by atoms with Crippen LogP contribution >= 0.6 is 22.9 Å². The number of anilines is 2. The lowest BCUT2D eigenvalue weighted by atomic mass is 10.2. The molecule has 0 aliphatic rings. The van der Waals surface area contributed by atoms with E-state index in [-0.39, 0.29) is 0 Å². The first-order chi connectivity index (χ1) is 9.33. The Bertz CT molecular complexity index is 713. The van der Waals surface area contributed by atoms with Crippen LogP contribution in [0, 0.1) is 6.92 Å². The molecule has 5 nitrogen and oxygen atoms in total. The van der Waals surface area contributed by atoms with Crippen molar-refractivity contribution in [3.8, 4) is 0 Å². The first kappa shape index (κ1) is 15.1. The molecular weight excluding hydrogens is 318 g/mol. The van der Waals surface area contributed by atoms with Crippen LogP contribution in [0.1, 0.15) is 10.6 Å². The molecule has 20 heavy (non-hydrogen) atoms. The summed E-state index contributed by atoms with van der Waals surface area (Å²) in [7, 11) is -3.26. The molecule has 0 saturated carbocycles. The summed E-state index contributed by atoms with van der Waals surface area (Å²) in [5, 5.41) is 4.11. The summed E-state index contributed by atoms with van der Waals surface area (Å²) < 4.78 is 25.5. The van der Waals surface area contributed by atoms with Crippen LogP contribution in [0.5, 0.6) is 0 Å². The Morgan fingerprint density at radius 3 is 2.70 bits per heavy atom. The highest BCUT2D eigenvalue weighted by Crippen LogP contribution is 2.22. The number of aromatic nitrogens is 1. The first-order valence-corrected chi connectivity index (χ1v) is 8.84. The second-order valence-corrected chi connectivity index (χ2v) is 7.81. The van der Waals surface area contributed by atoms with Gasteiger partial charge in [0.25, 0.3) is 0 Å². The number of benzene rings is 1. The molecule has 1 heterocycles. The van der Waals surface area contributed by atoms with Crippen molar-refractivity contribution < 1.29 is 8.42 Å². The normalized spacial score (nSPS) is 11.3. The summed E-state index contributed by atoms with van der Waals surface area (Å²) in [6.45, 7) is 2.43. The molecule has 0 spiro atoms. The van der Waals surface area contributed by atoms with Gasteiger partial charge in [-0.05, 0) is 30.7 Å². The second-order valence-electron chi connectivity index (χ2n) is 4.32. The van der Waals surface area contributed by atoms with Crippen LogP contribution in [0.3, 0.4) is 0 Å². The number of rotatable bonds is 5. The van der Waals surface area contributed by atoms with Gasteiger partial charge in [-0.3, -0.25) is 4.72 Å². The third-order valence-electron chi connectivity index (χ3n) is 2.49. The summed E-state index contributed by atoms with van der Waals surface area (Å²) >= 11 is 7.24. The average molecular weight is 332 g/mol. The molecule has 0 bridgehead atoms. The number of nitrogens with zero attached hydrogens (tertiary/aromatic N) is 1. The van der Waals surface area contributed by atoms with Crippen molar-refractivity contribution in [2.45, 2.75) is 13.5 Å². The maximum absolute atomic E-state index is 11.2. The molecule has 0 fully saturated rings. The lowest BCUT2D eigenvalue weighted by Crippen LogP contribution is -2.10. The van der Waals surface area contributed by atoms with Crippen molar-refractivity contribution in [3.63, 3.8) is 0 Å². The highest BCUT2D eigenvalue weighted by Gasteiger charge is 2.06. The second kappa shape index (κ2) is 5.99. The van der Waals surface area contributed by atoms with Gasteiger partial charge in [0.15, 0.2) is 0 Å². The smallest absolute Gasteiger partial charge is 0.229 e. The number of hydrogen-bond acceptors (Lipinski definition) is 5. The van der Waals surface area contributed by atoms with E-state index in [1.165, 1.54) is 11.3 Å². The molecule has 0 aliphatic heterocycles. The van der Waals surface area contributed by atoms with Crippen LogP contribution in [-0.4, -0.2) is 19.7 Å². The molecule has 0 amide bonds. The van der Waals surface area contributed by atoms with Crippen molar-refractivity contribution >= 4 is 44.3 Å². The molecule has 0 unspecified atom stereocenters. The molecule has 108 valence electrons. The number of sulfonamides is 1. The average Bonchev–Trinajstić information content (AvgIpc) is 2.74. The Labute approximate surface area is 127 Å². The highest BCUT2D eigenvalue weighted by molar-refractivity contribution is 7.92. The summed E-state index contributed by atoms with van der Waals surface area (Å²) in [6.07, 6.45) is 2.75. The minimum Gasteiger partial charge on any atom is -0.379 e. The largest absolute Gasteiger partial charge is 0.379 e. The van der Waals surface area contributed by atoms with E-state index in [1.807, 2.05) is 19.1 Å². The molecule has 2 aromatic rings. The quantitative estimate of drug-likeness (QED) is 0.883. The SMILES string of the molecule is Cc1cc(NCc2ncc(Cl)s2)ccc1NS(C)(=O)=O. The van der Waals surface area contributed by atoms with Crippen molar-refractivity contribution in [1.29, 1.82) is 0 Å². The standard InChI is InChI=1S/C12H14ClN3O2S2/c1-8-5-9(3-4-10(8)16-20(2,17)18)14-7-12-15-6-11(13)19-12/h3-6,14,16H,7H2,1-2H3. The Balaban J connectivity index is 2.05. The first-order valence-electron chi connectivity index (χ1n) is 5.76. The third-order valence-corrected chi connectivity index (χ3v) is 4.20. The van der Waals surface area contributed by atoms with Crippen LogP contribution in [-0.2, 0) is 16.6 Å². The number of aryl methyl sites for hydroxylation is 1. The predicted octanol–water partition coefficient (Wildman–Crippen LogP) is 3.09. The summed E-state index contributed by atoms with van der Waals surface area (Å²) in [5.74, 6) is 0. The van der Waals surface area contributed by atoms with E-state index >= 15 is 0 Å². The van der Waals surface area contributed by atoms with Crippen LogP contribution in [0.2, 0.25) is 4.34 Å². The predicted molar refractivity (Wildman–Crippen MR) is 84.1 cm³/mol. The molecule has 0 radical (unpaired) electrons. The number of nitrogens with one attached hydrogen (secondary N) is 2. The van der Waals surface area contributed by atoms with E-state index in [9.17, 15) is 8.42 Å². The van der Waals surface area contributed by atoms with Gasteiger partial charge in [0.1, 0.15) is 9.34 Å². The van der Waals surface area contributed by atoms with Crippen LogP contribution in [0.4, 0.5) is 11.4 Å². The minimum absolute atomic E-state index is 0.579. The molecule has 0 atom stereocenters. The Morgan fingerprint density at radius 1 is 1.40 bits per heavy atom. The summed E-state index contributed by atoms with van der Waals surface area (Å²) in [6, 6.07) is 5.42. The van der Waals surface area contributed by atoms with E-state index in [4.69, 9.17) is 11.6 Å². The van der Waals surface area contributed by atoms with E-state index in [2.05, 4.69) is 15.0 Å². The summed E-state index contributed by atoms with van der Waals surface area (Å²) in [4.78, 5) is 4.15. The molecular formula is C12H14ClN3O2S2. The lowest BCUT2D eigenvalue weighted by molar-refractivity contribution is 0.607. The van der Waals surface area contributed by atoms with Gasteiger partial charge in [-0.25, -0.2) is 13.4 Å². The van der Waals surface area contributed by atoms with Gasteiger partial charge in [0.2, 0.25) is 10.0 Å². The van der Waals surface area contributed by atoms with E-state index in [0.29, 0.717) is 16.6 Å². The van der Waals surface area contributed by atoms with Gasteiger partial charge in [-0.2, -0.15) is 0 Å². The minimum atomic E-state index is -3.26. The van der Waals surface area contributed by atoms with Gasteiger partial charge < -0.3 is 5.32 Å². The van der Waals surface area contributed by atoms with Gasteiger partial charge >= 0.3 is 0 Å². The van der Waals surface area contributed by atoms with Gasteiger partial charge in [0.05, 0.1) is 24.7 Å². The van der Waals surface area contributed by atoms with Crippen LogP contribution < -0.4 is 10.0 Å².